The van der Waals surface area contributed by atoms with Crippen LogP contribution in [-0.2, 0) is 14.3 Å². The molecular formula is C15H20ClNO4. The van der Waals surface area contributed by atoms with Crippen molar-refractivity contribution in [3.63, 3.8) is 0 Å². The van der Waals surface area contributed by atoms with Crippen molar-refractivity contribution in [2.75, 3.05) is 27.3 Å². The van der Waals surface area contributed by atoms with Gasteiger partial charge >= 0.3 is 5.97 Å². The summed E-state index contributed by atoms with van der Waals surface area (Å²) in [5.41, 5.74) is 1.01. The number of nitrogens with zero attached hydrogens (tertiary/aromatic N) is 1. The van der Waals surface area contributed by atoms with Crippen molar-refractivity contribution in [2.24, 2.45) is 0 Å². The quantitative estimate of drug-likeness (QED) is 0.726. The van der Waals surface area contributed by atoms with Crippen LogP contribution in [0.3, 0.4) is 0 Å². The minimum atomic E-state index is -0.279. The molecule has 0 radical (unpaired) electrons. The second-order valence-electron chi connectivity index (χ2n) is 4.72. The molecular weight excluding hydrogens is 294 g/mol. The summed E-state index contributed by atoms with van der Waals surface area (Å²) in [6.07, 6.45) is 0.846. The Morgan fingerprint density at radius 1 is 1.33 bits per heavy atom. The first kappa shape index (κ1) is 17.3. The van der Waals surface area contributed by atoms with E-state index in [1.165, 1.54) is 12.0 Å². The second kappa shape index (κ2) is 8.52. The molecule has 1 aromatic carbocycles. The van der Waals surface area contributed by atoms with Gasteiger partial charge in [0.1, 0.15) is 5.75 Å². The Labute approximate surface area is 129 Å². The first-order chi connectivity index (χ1) is 9.93. The van der Waals surface area contributed by atoms with Crippen molar-refractivity contribution in [2.45, 2.75) is 19.8 Å². The lowest BCUT2D eigenvalue weighted by atomic mass is 10.2. The minimum absolute atomic E-state index is 0.0854. The maximum absolute atomic E-state index is 11.9. The molecule has 0 aliphatic heterocycles. The lowest BCUT2D eigenvalue weighted by Gasteiger charge is -2.17. The smallest absolute Gasteiger partial charge is 0.305 e. The van der Waals surface area contributed by atoms with Gasteiger partial charge in [0.2, 0.25) is 0 Å². The Kier molecular flexibility index (Phi) is 7.02. The first-order valence-corrected chi connectivity index (χ1v) is 7.01. The van der Waals surface area contributed by atoms with Gasteiger partial charge in [-0.2, -0.15) is 0 Å². The molecule has 0 heterocycles. The summed E-state index contributed by atoms with van der Waals surface area (Å²) in [5.74, 6) is 0.0454. The Hall–Kier alpha value is -1.75. The Balaban J connectivity index is 2.39. The molecule has 21 heavy (non-hydrogen) atoms. The maximum atomic E-state index is 11.9. The van der Waals surface area contributed by atoms with Crippen LogP contribution in [0, 0.1) is 6.92 Å². The van der Waals surface area contributed by atoms with E-state index < -0.39 is 0 Å². The lowest BCUT2D eigenvalue weighted by Crippen LogP contribution is -2.32. The molecule has 0 unspecified atom stereocenters. The number of rotatable bonds is 7. The number of halogens is 1. The number of carbonyl (C=O) groups is 2. The van der Waals surface area contributed by atoms with Crippen LogP contribution in [0.5, 0.6) is 5.75 Å². The summed E-state index contributed by atoms with van der Waals surface area (Å²) in [7, 11) is 3.01. The van der Waals surface area contributed by atoms with E-state index in [9.17, 15) is 9.59 Å². The van der Waals surface area contributed by atoms with Gasteiger partial charge in [-0.05, 0) is 31.0 Å². The summed E-state index contributed by atoms with van der Waals surface area (Å²) < 4.78 is 9.97. The average molecular weight is 314 g/mol. The molecule has 0 atom stereocenters. The molecule has 0 saturated heterocycles. The molecule has 116 valence electrons. The average Bonchev–Trinajstić information content (AvgIpc) is 2.47. The van der Waals surface area contributed by atoms with Crippen LogP contribution in [-0.4, -0.2) is 44.1 Å². The molecule has 0 bridgehead atoms. The van der Waals surface area contributed by atoms with Gasteiger partial charge in [0.15, 0.2) is 6.61 Å². The molecule has 1 rings (SSSR count). The Morgan fingerprint density at radius 3 is 2.71 bits per heavy atom. The summed E-state index contributed by atoms with van der Waals surface area (Å²) in [4.78, 5) is 24.4. The number of esters is 1. The van der Waals surface area contributed by atoms with Gasteiger partial charge in [-0.25, -0.2) is 0 Å². The van der Waals surface area contributed by atoms with E-state index in [1.54, 1.807) is 19.2 Å². The number of benzene rings is 1. The van der Waals surface area contributed by atoms with Crippen LogP contribution in [0.25, 0.3) is 0 Å². The molecule has 0 N–H and O–H groups in total. The van der Waals surface area contributed by atoms with Crippen molar-refractivity contribution in [1.82, 2.24) is 4.90 Å². The zero-order valence-electron chi connectivity index (χ0n) is 12.5. The van der Waals surface area contributed by atoms with Crippen molar-refractivity contribution < 1.29 is 19.1 Å². The van der Waals surface area contributed by atoms with E-state index in [0.29, 0.717) is 30.2 Å². The minimum Gasteiger partial charge on any atom is -0.482 e. The standard InChI is InChI=1S/C15H20ClNO4/c1-11-6-7-12(16)13(9-11)21-10-14(18)17(2)8-4-5-15(19)20-3/h6-7,9H,4-5,8,10H2,1-3H3. The van der Waals surface area contributed by atoms with Gasteiger partial charge in [-0.3, -0.25) is 9.59 Å². The van der Waals surface area contributed by atoms with Crippen LogP contribution in [0.2, 0.25) is 5.02 Å². The largest absolute Gasteiger partial charge is 0.482 e. The summed E-state index contributed by atoms with van der Waals surface area (Å²) >= 11 is 5.99. The maximum Gasteiger partial charge on any atom is 0.305 e. The number of carbonyl (C=O) groups excluding carboxylic acids is 2. The van der Waals surface area contributed by atoms with E-state index in [2.05, 4.69) is 4.74 Å². The van der Waals surface area contributed by atoms with Crippen LogP contribution in [0.4, 0.5) is 0 Å². The fraction of sp³-hybridized carbons (Fsp3) is 0.467. The molecule has 0 aliphatic carbocycles. The number of amides is 1. The molecule has 0 spiro atoms. The number of likely N-dealkylation sites (N-methyl/N-ethyl adjacent to an activating group) is 1. The van der Waals surface area contributed by atoms with Gasteiger partial charge in [-0.1, -0.05) is 17.7 Å². The third kappa shape index (κ3) is 6.04. The van der Waals surface area contributed by atoms with Crippen LogP contribution in [0.15, 0.2) is 18.2 Å². The highest BCUT2D eigenvalue weighted by atomic mass is 35.5. The highest BCUT2D eigenvalue weighted by molar-refractivity contribution is 6.32. The Morgan fingerprint density at radius 2 is 2.05 bits per heavy atom. The van der Waals surface area contributed by atoms with E-state index >= 15 is 0 Å². The zero-order chi connectivity index (χ0) is 15.8. The number of hydrogen-bond donors (Lipinski definition) is 0. The summed E-state index contributed by atoms with van der Waals surface area (Å²) in [5, 5.41) is 0.474. The van der Waals surface area contributed by atoms with Crippen molar-refractivity contribution in [1.29, 1.82) is 0 Å². The molecule has 0 saturated carbocycles. The number of hydrogen-bond acceptors (Lipinski definition) is 4. The van der Waals surface area contributed by atoms with Gasteiger partial charge in [0, 0.05) is 20.0 Å². The number of ether oxygens (including phenoxy) is 2. The second-order valence-corrected chi connectivity index (χ2v) is 5.12. The fourth-order valence-electron chi connectivity index (χ4n) is 1.66. The summed E-state index contributed by atoms with van der Waals surface area (Å²) in [6, 6.07) is 5.39. The van der Waals surface area contributed by atoms with E-state index in [0.717, 1.165) is 5.56 Å². The monoisotopic (exact) mass is 313 g/mol. The van der Waals surface area contributed by atoms with Crippen molar-refractivity contribution in [3.8, 4) is 5.75 Å². The summed E-state index contributed by atoms with van der Waals surface area (Å²) in [6.45, 7) is 2.31. The molecule has 5 nitrogen and oxygen atoms in total. The van der Waals surface area contributed by atoms with E-state index in [4.69, 9.17) is 16.3 Å². The molecule has 1 amide bonds. The molecule has 6 heteroatoms. The highest BCUT2D eigenvalue weighted by Crippen LogP contribution is 2.25. The van der Waals surface area contributed by atoms with Crippen LogP contribution >= 0.6 is 11.6 Å². The Bertz CT molecular complexity index is 504. The fourth-order valence-corrected chi connectivity index (χ4v) is 1.83. The van der Waals surface area contributed by atoms with Crippen molar-refractivity contribution in [3.05, 3.63) is 28.8 Å². The van der Waals surface area contributed by atoms with Gasteiger partial charge in [0.05, 0.1) is 12.1 Å². The topological polar surface area (TPSA) is 55.8 Å². The van der Waals surface area contributed by atoms with Gasteiger partial charge in [-0.15, -0.1) is 0 Å². The van der Waals surface area contributed by atoms with E-state index in [1.807, 2.05) is 13.0 Å². The van der Waals surface area contributed by atoms with Crippen molar-refractivity contribution >= 4 is 23.5 Å². The third-order valence-corrected chi connectivity index (χ3v) is 3.28. The predicted molar refractivity (Wildman–Crippen MR) is 80.6 cm³/mol. The highest BCUT2D eigenvalue weighted by Gasteiger charge is 2.11. The third-order valence-electron chi connectivity index (χ3n) is 2.97. The zero-order valence-corrected chi connectivity index (χ0v) is 13.3. The molecule has 0 aliphatic rings. The van der Waals surface area contributed by atoms with Crippen LogP contribution < -0.4 is 4.74 Å². The SMILES string of the molecule is COC(=O)CCCN(C)C(=O)COc1cc(C)ccc1Cl. The van der Waals surface area contributed by atoms with E-state index in [-0.39, 0.29) is 18.5 Å². The molecule has 1 aromatic rings. The molecule has 0 aromatic heterocycles. The van der Waals surface area contributed by atoms with Gasteiger partial charge < -0.3 is 14.4 Å². The lowest BCUT2D eigenvalue weighted by molar-refractivity contribution is -0.141. The first-order valence-electron chi connectivity index (χ1n) is 6.63. The normalized spacial score (nSPS) is 10.1. The number of methoxy groups -OCH3 is 1. The predicted octanol–water partition coefficient (Wildman–Crippen LogP) is 2.44. The molecule has 0 fully saturated rings. The van der Waals surface area contributed by atoms with Gasteiger partial charge in [0.25, 0.3) is 5.91 Å². The number of aryl methyl sites for hydroxylation is 1. The van der Waals surface area contributed by atoms with Crippen LogP contribution in [0.1, 0.15) is 18.4 Å².